The van der Waals surface area contributed by atoms with Gasteiger partial charge in [-0.1, -0.05) is 0 Å². The Bertz CT molecular complexity index is 1930. The summed E-state index contributed by atoms with van der Waals surface area (Å²) in [7, 11) is -10.4. The average Bonchev–Trinajstić information content (AvgIpc) is 3.72. The lowest BCUT2D eigenvalue weighted by molar-refractivity contribution is -0.237. The van der Waals surface area contributed by atoms with Gasteiger partial charge in [0.25, 0.3) is 13.4 Å². The number of nitrogen functional groups attached to an aromatic ring is 2. The van der Waals surface area contributed by atoms with Crippen LogP contribution in [0.25, 0.3) is 22.3 Å². The van der Waals surface area contributed by atoms with Crippen LogP contribution in [0.15, 0.2) is 29.7 Å². The molecule has 3 fully saturated rings. The zero-order chi connectivity index (χ0) is 31.8. The van der Waals surface area contributed by atoms with Gasteiger partial charge < -0.3 is 50.0 Å². The van der Waals surface area contributed by atoms with Crippen molar-refractivity contribution in [3.05, 3.63) is 35.3 Å². The predicted octanol–water partition coefficient (Wildman–Crippen LogP) is -2.37. The van der Waals surface area contributed by atoms with E-state index >= 15 is 0 Å². The molecule has 0 amide bonds. The number of nitrogens with one attached hydrogen (secondary N) is 1. The maximum Gasteiger partial charge on any atom is 0.472 e. The highest BCUT2D eigenvalue weighted by molar-refractivity contribution is 7.47. The summed E-state index contributed by atoms with van der Waals surface area (Å²) in [5, 5.41) is 22.1. The second-order valence-corrected chi connectivity index (χ2v) is 13.0. The summed E-state index contributed by atoms with van der Waals surface area (Å²) in [5.41, 5.74) is 11.3. The van der Waals surface area contributed by atoms with Gasteiger partial charge in [-0.25, -0.2) is 19.5 Å². The van der Waals surface area contributed by atoms with Crippen LogP contribution >= 0.6 is 15.6 Å². The van der Waals surface area contributed by atoms with Gasteiger partial charge in [0, 0.05) is 6.20 Å². The van der Waals surface area contributed by atoms with E-state index < -0.39 is 83.5 Å². The highest BCUT2D eigenvalue weighted by Gasteiger charge is 2.52. The Labute approximate surface area is 249 Å². The minimum absolute atomic E-state index is 0.145. The van der Waals surface area contributed by atoms with Crippen LogP contribution in [0.5, 0.6) is 0 Å². The summed E-state index contributed by atoms with van der Waals surface area (Å²) in [5.74, 6) is -0.293. The van der Waals surface area contributed by atoms with Gasteiger partial charge >= 0.3 is 7.82 Å². The molecule has 242 valence electrons. The summed E-state index contributed by atoms with van der Waals surface area (Å²) >= 11 is 0. The third-order valence-electron chi connectivity index (χ3n) is 7.42. The first-order chi connectivity index (χ1) is 21.3. The molecule has 3 saturated heterocycles. The van der Waals surface area contributed by atoms with Crippen LogP contribution in [0.3, 0.4) is 0 Å². The van der Waals surface area contributed by atoms with Crippen molar-refractivity contribution in [2.75, 3.05) is 24.7 Å². The minimum Gasteiger partial charge on any atom is -0.756 e. The fourth-order valence-electron chi connectivity index (χ4n) is 5.37. The van der Waals surface area contributed by atoms with Crippen molar-refractivity contribution in [2.45, 2.75) is 49.1 Å². The molecular weight excluding hydrogens is 648 g/mol. The van der Waals surface area contributed by atoms with Crippen molar-refractivity contribution in [3.63, 3.8) is 0 Å². The molecule has 0 radical (unpaired) electrons. The summed E-state index contributed by atoms with van der Waals surface area (Å²) in [6, 6.07) is 1.50. The number of nitrogens with zero attached hydrogens (tertiary/aromatic N) is 6. The number of ether oxygens (including phenoxy) is 2. The van der Waals surface area contributed by atoms with E-state index in [9.17, 15) is 33.9 Å². The number of phosphoric acid groups is 2. The fourth-order valence-corrected chi connectivity index (χ4v) is 7.25. The number of phosphoric ester groups is 2. The number of aromatic amines is 1. The van der Waals surface area contributed by atoms with Crippen molar-refractivity contribution in [1.29, 1.82) is 0 Å². The number of anilines is 2. The van der Waals surface area contributed by atoms with Gasteiger partial charge in [0.1, 0.15) is 42.1 Å². The number of hydrogen-bond acceptors (Lipinski definition) is 18. The smallest absolute Gasteiger partial charge is 0.472 e. The van der Waals surface area contributed by atoms with E-state index in [1.54, 1.807) is 0 Å². The fraction of sp³-hybridized carbons (Fsp3) is 0.476. The molecule has 22 nitrogen and oxygen atoms in total. The quantitative estimate of drug-likeness (QED) is 0.121. The third kappa shape index (κ3) is 5.33. The molecule has 8 N–H and O–H groups in total. The second-order valence-electron chi connectivity index (χ2n) is 10.3. The van der Waals surface area contributed by atoms with E-state index in [0.717, 1.165) is 10.9 Å². The average molecular weight is 672 g/mol. The Morgan fingerprint density at radius 3 is 2.38 bits per heavy atom. The van der Waals surface area contributed by atoms with Crippen molar-refractivity contribution in [3.8, 4) is 0 Å². The zero-order valence-electron chi connectivity index (χ0n) is 22.5. The number of fused-ring (bicyclic) bond motifs is 5. The molecule has 0 aliphatic carbocycles. The van der Waals surface area contributed by atoms with Gasteiger partial charge in [0.2, 0.25) is 5.95 Å². The Hall–Kier alpha value is -3.37. The summed E-state index contributed by atoms with van der Waals surface area (Å²) in [6.07, 6.45) is -9.14. The molecule has 4 aromatic heterocycles. The number of nitrogens with two attached hydrogens (primary N) is 2. The van der Waals surface area contributed by atoms with E-state index in [0.29, 0.717) is 0 Å². The van der Waals surface area contributed by atoms with Crippen molar-refractivity contribution in [2.24, 2.45) is 0 Å². The van der Waals surface area contributed by atoms with E-state index in [1.165, 1.54) is 23.2 Å². The largest absolute Gasteiger partial charge is 0.756 e. The molecule has 3 aliphatic rings. The van der Waals surface area contributed by atoms with Crippen LogP contribution in [-0.4, -0.2) is 99.0 Å². The highest BCUT2D eigenvalue weighted by atomic mass is 31.2. The lowest BCUT2D eigenvalue weighted by atomic mass is 10.1. The van der Waals surface area contributed by atoms with E-state index in [2.05, 4.69) is 24.9 Å². The molecule has 10 atom stereocenters. The van der Waals surface area contributed by atoms with Gasteiger partial charge in [-0.05, 0) is 6.07 Å². The van der Waals surface area contributed by atoms with Crippen LogP contribution < -0.4 is 21.9 Å². The number of imidazole rings is 2. The molecule has 2 bridgehead atoms. The zero-order valence-corrected chi connectivity index (χ0v) is 24.3. The standard InChI is InChI=1S/C21H25N9O13P2/c22-7-1-2-24-16-10(7)25-5-29(16)19-13(32)14-9(41-19)4-39-45(36,37)43-15-12(31)8(3-38-44(34,35)42-14)40-20(15)30-6-26-11-17(30)27-21(23)28-18(11)33/h1-2,5-6,8-9,12-15,19-20,31-32H,3-4H2,(H2,22,24)(H,34,35)(H,36,37)(H3,23,27,28,33)/p-1/t8-,9-,12+,13?,14+,15?,19-,20-/m1/s1. The van der Waals surface area contributed by atoms with Gasteiger partial charge in [0.05, 0.1) is 31.6 Å². The predicted molar refractivity (Wildman–Crippen MR) is 143 cm³/mol. The van der Waals surface area contributed by atoms with Crippen LogP contribution in [0.2, 0.25) is 0 Å². The molecule has 45 heavy (non-hydrogen) atoms. The van der Waals surface area contributed by atoms with Gasteiger partial charge in [-0.2, -0.15) is 4.98 Å². The molecule has 24 heteroatoms. The molecule has 7 rings (SSSR count). The molecule has 7 heterocycles. The number of aromatic nitrogens is 7. The molecule has 3 aliphatic heterocycles. The Balaban J connectivity index is 1.21. The third-order valence-corrected chi connectivity index (χ3v) is 9.37. The Morgan fingerprint density at radius 2 is 1.60 bits per heavy atom. The van der Waals surface area contributed by atoms with Crippen LogP contribution in [0.4, 0.5) is 11.6 Å². The number of H-pyrrole nitrogens is 1. The van der Waals surface area contributed by atoms with Crippen LogP contribution in [-0.2, 0) is 36.7 Å². The summed E-state index contributed by atoms with van der Waals surface area (Å²) < 4.78 is 60.7. The normalized spacial score (nSPS) is 37.7. The molecule has 0 saturated carbocycles. The van der Waals surface area contributed by atoms with Gasteiger partial charge in [0.15, 0.2) is 29.3 Å². The number of aliphatic hydroxyl groups excluding tert-OH is 2. The Morgan fingerprint density at radius 1 is 0.911 bits per heavy atom. The number of hydrogen-bond donors (Lipinski definition) is 6. The van der Waals surface area contributed by atoms with Gasteiger partial charge in [-0.15, -0.1) is 0 Å². The van der Waals surface area contributed by atoms with Gasteiger partial charge in [-0.3, -0.25) is 32.5 Å². The number of rotatable bonds is 2. The molecule has 0 aromatic carbocycles. The van der Waals surface area contributed by atoms with Crippen molar-refractivity contribution in [1.82, 2.24) is 34.1 Å². The Kier molecular flexibility index (Phi) is 7.32. The second kappa shape index (κ2) is 10.9. The van der Waals surface area contributed by atoms with Crippen LogP contribution in [0.1, 0.15) is 12.5 Å². The lowest BCUT2D eigenvalue weighted by Gasteiger charge is -2.31. The maximum absolute atomic E-state index is 13.1. The number of aliphatic hydroxyl groups is 2. The highest BCUT2D eigenvalue weighted by Crippen LogP contribution is 2.52. The SMILES string of the molecule is Nc1nc2c(ncn2[C@@H]2O[C@@H]3COP(=O)(O)O[C@@H]4C(O)[C@H](n5cnc6c(N)ccnc65)O[C@@H]4COP(=O)([O-])OC2[C@H]3O)c(=O)[nH]1. The van der Waals surface area contributed by atoms with E-state index in [-0.39, 0.29) is 34.0 Å². The molecular formula is C21H24N9O13P2-. The molecule has 4 aromatic rings. The van der Waals surface area contributed by atoms with Crippen LogP contribution in [0, 0.1) is 0 Å². The van der Waals surface area contributed by atoms with Crippen molar-refractivity contribution >= 4 is 49.6 Å². The van der Waals surface area contributed by atoms with E-state index in [4.69, 9.17) is 39.0 Å². The minimum atomic E-state index is -5.36. The molecule has 4 unspecified atom stereocenters. The first kappa shape index (κ1) is 30.3. The summed E-state index contributed by atoms with van der Waals surface area (Å²) in [4.78, 5) is 54.5. The van der Waals surface area contributed by atoms with E-state index in [1.807, 2.05) is 0 Å². The monoisotopic (exact) mass is 672 g/mol. The molecule has 0 spiro atoms. The topological polar surface area (TPSA) is 320 Å². The maximum atomic E-state index is 13.1. The van der Waals surface area contributed by atoms with Crippen molar-refractivity contribution < 1.29 is 56.7 Å². The lowest BCUT2D eigenvalue weighted by Crippen LogP contribution is -2.37. The summed E-state index contributed by atoms with van der Waals surface area (Å²) in [6.45, 7) is -1.72. The number of pyridine rings is 1. The first-order valence-corrected chi connectivity index (χ1v) is 16.0. The first-order valence-electron chi connectivity index (χ1n) is 13.1.